The molecule has 0 aromatic heterocycles. The minimum absolute atomic E-state index is 0.875. The summed E-state index contributed by atoms with van der Waals surface area (Å²) < 4.78 is 0. The average Bonchev–Trinajstić information content (AvgIpc) is 2.19. The van der Waals surface area contributed by atoms with Crippen LogP contribution in [0.2, 0.25) is 0 Å². The molecule has 0 saturated carbocycles. The lowest BCUT2D eigenvalue weighted by Gasteiger charge is -2.20. The van der Waals surface area contributed by atoms with Gasteiger partial charge in [-0.25, -0.2) is 0 Å². The highest BCUT2D eigenvalue weighted by atomic mass is 14.9. The van der Waals surface area contributed by atoms with Crippen molar-refractivity contribution in [3.8, 4) is 0 Å². The Balaban J connectivity index is 2.09. The van der Waals surface area contributed by atoms with Gasteiger partial charge in [0.05, 0.1) is 0 Å². The van der Waals surface area contributed by atoms with E-state index in [9.17, 15) is 0 Å². The van der Waals surface area contributed by atoms with Crippen molar-refractivity contribution < 1.29 is 0 Å². The Kier molecular flexibility index (Phi) is 5.59. The van der Waals surface area contributed by atoms with E-state index in [0.717, 1.165) is 12.3 Å². The Morgan fingerprint density at radius 2 is 2.15 bits per heavy atom. The zero-order valence-corrected chi connectivity index (χ0v) is 8.63. The van der Waals surface area contributed by atoms with Gasteiger partial charge in [-0.2, -0.15) is 0 Å². The minimum Gasteiger partial charge on any atom is -0.316 e. The highest BCUT2D eigenvalue weighted by Gasteiger charge is 2.09. The van der Waals surface area contributed by atoms with E-state index in [1.807, 2.05) is 0 Å². The molecule has 0 aliphatic carbocycles. The third kappa shape index (κ3) is 4.89. The first-order valence-electron chi connectivity index (χ1n) is 5.46. The molecule has 1 unspecified atom stereocenters. The molecule has 0 bridgehead atoms. The number of hydrogen-bond acceptors (Lipinski definition) is 1. The van der Waals surface area contributed by atoms with Gasteiger partial charge < -0.3 is 5.32 Å². The van der Waals surface area contributed by atoms with Crippen LogP contribution in [-0.2, 0) is 0 Å². The van der Waals surface area contributed by atoms with Crippen LogP contribution in [0.25, 0.3) is 0 Å². The van der Waals surface area contributed by atoms with Crippen molar-refractivity contribution >= 4 is 0 Å². The molecule has 0 aromatic rings. The molecule has 0 amide bonds. The highest BCUT2D eigenvalue weighted by molar-refractivity contribution is 5.02. The van der Waals surface area contributed by atoms with E-state index in [0.29, 0.717) is 0 Å². The molecule has 0 radical (unpaired) electrons. The van der Waals surface area contributed by atoms with Gasteiger partial charge in [-0.3, -0.25) is 0 Å². The van der Waals surface area contributed by atoms with Crippen LogP contribution in [0.5, 0.6) is 0 Å². The van der Waals surface area contributed by atoms with Crippen molar-refractivity contribution in [2.45, 2.75) is 32.6 Å². The molecule has 0 aromatic carbocycles. The first kappa shape index (κ1) is 10.5. The summed E-state index contributed by atoms with van der Waals surface area (Å²) in [6.07, 6.45) is 13.9. The lowest BCUT2D eigenvalue weighted by atomic mass is 9.96. The van der Waals surface area contributed by atoms with Crippen LogP contribution in [0.1, 0.15) is 32.6 Å². The Hall–Kier alpha value is -0.560. The molecule has 1 rings (SSSR count). The minimum atomic E-state index is 0.875. The van der Waals surface area contributed by atoms with Crippen LogP contribution in [0.3, 0.4) is 0 Å². The van der Waals surface area contributed by atoms with Gasteiger partial charge in [-0.15, -0.1) is 0 Å². The van der Waals surface area contributed by atoms with E-state index in [-0.39, 0.29) is 0 Å². The van der Waals surface area contributed by atoms with Crippen molar-refractivity contribution in [2.24, 2.45) is 5.92 Å². The largest absolute Gasteiger partial charge is 0.316 e. The maximum absolute atomic E-state index is 3.43. The van der Waals surface area contributed by atoms with Crippen molar-refractivity contribution in [1.82, 2.24) is 5.32 Å². The van der Waals surface area contributed by atoms with E-state index in [2.05, 4.69) is 36.5 Å². The fourth-order valence-corrected chi connectivity index (χ4v) is 1.69. The highest BCUT2D eigenvalue weighted by Crippen LogP contribution is 2.14. The van der Waals surface area contributed by atoms with Crippen LogP contribution >= 0.6 is 0 Å². The number of rotatable bonds is 4. The number of piperidine rings is 1. The third-order valence-electron chi connectivity index (χ3n) is 2.49. The summed E-state index contributed by atoms with van der Waals surface area (Å²) in [6.45, 7) is 4.59. The normalized spacial score (nSPS) is 24.5. The second-order valence-electron chi connectivity index (χ2n) is 3.71. The third-order valence-corrected chi connectivity index (χ3v) is 2.49. The number of allylic oxidation sites excluding steroid dienone is 4. The predicted octanol–water partition coefficient (Wildman–Crippen LogP) is 2.90. The van der Waals surface area contributed by atoms with Crippen LogP contribution in [0.4, 0.5) is 0 Å². The molecule has 1 aliphatic rings. The van der Waals surface area contributed by atoms with E-state index in [1.54, 1.807) is 0 Å². The van der Waals surface area contributed by atoms with Gasteiger partial charge in [0.2, 0.25) is 0 Å². The molecule has 74 valence electrons. The van der Waals surface area contributed by atoms with Gasteiger partial charge in [0, 0.05) is 0 Å². The van der Waals surface area contributed by atoms with Gasteiger partial charge in [0.25, 0.3) is 0 Å². The molecule has 1 heterocycles. The second-order valence-corrected chi connectivity index (χ2v) is 3.71. The zero-order valence-electron chi connectivity index (χ0n) is 8.63. The quantitative estimate of drug-likeness (QED) is 0.654. The van der Waals surface area contributed by atoms with Crippen molar-refractivity contribution in [3.05, 3.63) is 24.3 Å². The van der Waals surface area contributed by atoms with Gasteiger partial charge in [-0.1, -0.05) is 31.2 Å². The fraction of sp³-hybridized carbons (Fsp3) is 0.667. The predicted molar refractivity (Wildman–Crippen MR) is 58.8 cm³/mol. The summed E-state index contributed by atoms with van der Waals surface area (Å²) in [7, 11) is 0. The SMILES string of the molecule is CC/C=C\C=C/CC1CCCNC1. The van der Waals surface area contributed by atoms with Crippen LogP contribution in [-0.4, -0.2) is 13.1 Å². The zero-order chi connectivity index (χ0) is 9.36. The van der Waals surface area contributed by atoms with E-state index >= 15 is 0 Å². The van der Waals surface area contributed by atoms with E-state index in [4.69, 9.17) is 0 Å². The van der Waals surface area contributed by atoms with Crippen LogP contribution in [0.15, 0.2) is 24.3 Å². The van der Waals surface area contributed by atoms with E-state index < -0.39 is 0 Å². The summed E-state index contributed by atoms with van der Waals surface area (Å²) >= 11 is 0. The monoisotopic (exact) mass is 179 g/mol. The summed E-state index contributed by atoms with van der Waals surface area (Å²) in [6, 6.07) is 0. The molecule has 1 heteroatoms. The Bertz CT molecular complexity index is 164. The summed E-state index contributed by atoms with van der Waals surface area (Å²) in [5.74, 6) is 0.875. The van der Waals surface area contributed by atoms with Gasteiger partial charge in [-0.05, 0) is 44.7 Å². The van der Waals surface area contributed by atoms with Crippen LogP contribution in [0, 0.1) is 5.92 Å². The molecule has 1 atom stereocenters. The summed E-state index contributed by atoms with van der Waals surface area (Å²) in [5, 5.41) is 3.43. The first-order chi connectivity index (χ1) is 6.43. The summed E-state index contributed by atoms with van der Waals surface area (Å²) in [5.41, 5.74) is 0. The Morgan fingerprint density at radius 3 is 2.85 bits per heavy atom. The van der Waals surface area contributed by atoms with Gasteiger partial charge >= 0.3 is 0 Å². The molecule has 1 N–H and O–H groups in total. The fourth-order valence-electron chi connectivity index (χ4n) is 1.69. The smallest absolute Gasteiger partial charge is 0.00175 e. The van der Waals surface area contributed by atoms with Gasteiger partial charge in [0.1, 0.15) is 0 Å². The van der Waals surface area contributed by atoms with E-state index in [1.165, 1.54) is 32.4 Å². The molecule has 1 aliphatic heterocycles. The molecule has 1 fully saturated rings. The van der Waals surface area contributed by atoms with Crippen molar-refractivity contribution in [1.29, 1.82) is 0 Å². The average molecular weight is 179 g/mol. The number of nitrogens with one attached hydrogen (secondary N) is 1. The molecule has 1 saturated heterocycles. The lowest BCUT2D eigenvalue weighted by molar-refractivity contribution is 0.381. The first-order valence-corrected chi connectivity index (χ1v) is 5.46. The lowest BCUT2D eigenvalue weighted by Crippen LogP contribution is -2.29. The van der Waals surface area contributed by atoms with Crippen molar-refractivity contribution in [3.63, 3.8) is 0 Å². The number of hydrogen-bond donors (Lipinski definition) is 1. The maximum Gasteiger partial charge on any atom is -0.00175 e. The maximum atomic E-state index is 3.43. The molecular formula is C12H21N. The summed E-state index contributed by atoms with van der Waals surface area (Å²) in [4.78, 5) is 0. The van der Waals surface area contributed by atoms with Crippen LogP contribution < -0.4 is 5.32 Å². The van der Waals surface area contributed by atoms with Crippen molar-refractivity contribution in [2.75, 3.05) is 13.1 Å². The van der Waals surface area contributed by atoms with Gasteiger partial charge in [0.15, 0.2) is 0 Å². The molecule has 13 heavy (non-hydrogen) atoms. The molecular weight excluding hydrogens is 158 g/mol. The standard InChI is InChI=1S/C12H21N/c1-2-3-4-5-6-8-12-9-7-10-13-11-12/h3-6,12-13H,2,7-11H2,1H3/b4-3-,6-5-. The second kappa shape index (κ2) is 6.90. The molecule has 1 nitrogen and oxygen atoms in total. The Labute approximate surface area is 81.9 Å². The molecule has 0 spiro atoms. The topological polar surface area (TPSA) is 12.0 Å². The Morgan fingerprint density at radius 1 is 1.31 bits per heavy atom.